The molecule has 0 bridgehead atoms. The molecule has 0 radical (unpaired) electrons. The summed E-state index contributed by atoms with van der Waals surface area (Å²) in [6, 6.07) is 7.58. The average Bonchev–Trinajstić information content (AvgIpc) is 2.81. The summed E-state index contributed by atoms with van der Waals surface area (Å²) in [5, 5.41) is 9.36. The van der Waals surface area contributed by atoms with Crippen molar-refractivity contribution < 1.29 is 4.79 Å². The van der Waals surface area contributed by atoms with Gasteiger partial charge in [-0.15, -0.1) is 5.10 Å². The number of hydrogen-bond acceptors (Lipinski definition) is 3. The van der Waals surface area contributed by atoms with Gasteiger partial charge < -0.3 is 5.32 Å². The summed E-state index contributed by atoms with van der Waals surface area (Å²) < 4.78 is 0. The molecule has 5 nitrogen and oxygen atoms in total. The van der Waals surface area contributed by atoms with E-state index in [1.54, 1.807) is 0 Å². The lowest BCUT2D eigenvalue weighted by atomic mass is 10.2. The zero-order valence-electron chi connectivity index (χ0n) is 9.82. The second-order valence-corrected chi connectivity index (χ2v) is 3.73. The van der Waals surface area contributed by atoms with Gasteiger partial charge in [0.25, 0.3) is 5.91 Å². The molecule has 0 unspecified atom stereocenters. The SMILES string of the molecule is CCc1nc(C(=O)Nc2ccccc2C)n[nH]1. The van der Waals surface area contributed by atoms with Crippen LogP contribution in [0.2, 0.25) is 0 Å². The van der Waals surface area contributed by atoms with Crippen molar-refractivity contribution in [3.05, 3.63) is 41.5 Å². The highest BCUT2D eigenvalue weighted by molar-refractivity contribution is 6.01. The van der Waals surface area contributed by atoms with E-state index in [0.29, 0.717) is 5.82 Å². The van der Waals surface area contributed by atoms with E-state index in [1.807, 2.05) is 38.1 Å². The van der Waals surface area contributed by atoms with E-state index in [-0.39, 0.29) is 11.7 Å². The number of carbonyl (C=O) groups excluding carboxylic acids is 1. The number of anilines is 1. The van der Waals surface area contributed by atoms with Gasteiger partial charge in [-0.2, -0.15) is 0 Å². The van der Waals surface area contributed by atoms with E-state index in [4.69, 9.17) is 0 Å². The number of hydrogen-bond donors (Lipinski definition) is 2. The molecule has 0 fully saturated rings. The van der Waals surface area contributed by atoms with Crippen molar-refractivity contribution in [1.29, 1.82) is 0 Å². The van der Waals surface area contributed by atoms with Crippen LogP contribution in [0, 0.1) is 6.92 Å². The third kappa shape index (κ3) is 2.50. The summed E-state index contributed by atoms with van der Waals surface area (Å²) in [6.07, 6.45) is 0.727. The Kier molecular flexibility index (Phi) is 3.18. The summed E-state index contributed by atoms with van der Waals surface area (Å²) in [7, 11) is 0. The molecule has 0 saturated carbocycles. The molecule has 0 spiro atoms. The number of aryl methyl sites for hydroxylation is 2. The second kappa shape index (κ2) is 4.78. The number of carbonyl (C=O) groups is 1. The Morgan fingerprint density at radius 2 is 2.18 bits per heavy atom. The summed E-state index contributed by atoms with van der Waals surface area (Å²) in [4.78, 5) is 15.9. The van der Waals surface area contributed by atoms with Crippen LogP contribution < -0.4 is 5.32 Å². The Hall–Kier alpha value is -2.17. The first-order valence-corrected chi connectivity index (χ1v) is 5.49. The highest BCUT2D eigenvalue weighted by Gasteiger charge is 2.12. The van der Waals surface area contributed by atoms with Crippen LogP contribution in [0.5, 0.6) is 0 Å². The first kappa shape index (κ1) is 11.3. The van der Waals surface area contributed by atoms with Gasteiger partial charge in [-0.3, -0.25) is 9.89 Å². The second-order valence-electron chi connectivity index (χ2n) is 3.73. The number of nitrogens with one attached hydrogen (secondary N) is 2. The van der Waals surface area contributed by atoms with Crippen molar-refractivity contribution in [2.75, 3.05) is 5.32 Å². The molecule has 0 aliphatic carbocycles. The van der Waals surface area contributed by atoms with Crippen LogP contribution in [0.3, 0.4) is 0 Å². The van der Waals surface area contributed by atoms with Crippen LogP contribution in [0.25, 0.3) is 0 Å². The predicted molar refractivity (Wildman–Crippen MR) is 64.9 cm³/mol. The minimum atomic E-state index is -0.296. The Balaban J connectivity index is 2.14. The first-order chi connectivity index (χ1) is 8.20. The van der Waals surface area contributed by atoms with Crippen LogP contribution in [-0.4, -0.2) is 21.1 Å². The fourth-order valence-corrected chi connectivity index (χ4v) is 1.45. The molecule has 0 atom stereocenters. The summed E-state index contributed by atoms with van der Waals surface area (Å²) in [5.74, 6) is 0.584. The standard InChI is InChI=1S/C12H14N4O/c1-3-10-14-11(16-15-10)12(17)13-9-7-5-4-6-8(9)2/h4-7H,3H2,1-2H3,(H,13,17)(H,14,15,16). The quantitative estimate of drug-likeness (QED) is 0.846. The smallest absolute Gasteiger partial charge is 0.295 e. The molecule has 0 aliphatic heterocycles. The first-order valence-electron chi connectivity index (χ1n) is 5.49. The largest absolute Gasteiger partial charge is 0.319 e. The Morgan fingerprint density at radius 3 is 2.82 bits per heavy atom. The lowest BCUT2D eigenvalue weighted by Crippen LogP contribution is -2.14. The van der Waals surface area contributed by atoms with E-state index in [9.17, 15) is 4.79 Å². The third-order valence-electron chi connectivity index (χ3n) is 2.46. The molecule has 1 heterocycles. The Bertz CT molecular complexity index is 533. The van der Waals surface area contributed by atoms with Crippen molar-refractivity contribution in [2.45, 2.75) is 20.3 Å². The van der Waals surface area contributed by atoms with Gasteiger partial charge in [-0.05, 0) is 18.6 Å². The van der Waals surface area contributed by atoms with E-state index < -0.39 is 0 Å². The zero-order chi connectivity index (χ0) is 12.3. The van der Waals surface area contributed by atoms with Crippen molar-refractivity contribution in [3.63, 3.8) is 0 Å². The van der Waals surface area contributed by atoms with Crippen LogP contribution in [-0.2, 0) is 6.42 Å². The van der Waals surface area contributed by atoms with Gasteiger partial charge in [0.1, 0.15) is 5.82 Å². The molecule has 88 valence electrons. The molecule has 1 aromatic heterocycles. The fourth-order valence-electron chi connectivity index (χ4n) is 1.45. The monoisotopic (exact) mass is 230 g/mol. The molecule has 1 aromatic carbocycles. The van der Waals surface area contributed by atoms with Gasteiger partial charge in [0.2, 0.25) is 5.82 Å². The lowest BCUT2D eigenvalue weighted by molar-refractivity contribution is 0.101. The average molecular weight is 230 g/mol. The predicted octanol–water partition coefficient (Wildman–Crippen LogP) is 1.93. The molecule has 2 aromatic rings. The van der Waals surface area contributed by atoms with Gasteiger partial charge in [-0.1, -0.05) is 25.1 Å². The van der Waals surface area contributed by atoms with Gasteiger partial charge in [-0.25, -0.2) is 4.98 Å². The van der Waals surface area contributed by atoms with E-state index in [1.165, 1.54) is 0 Å². The third-order valence-corrected chi connectivity index (χ3v) is 2.46. The summed E-state index contributed by atoms with van der Waals surface area (Å²) in [6.45, 7) is 3.88. The van der Waals surface area contributed by atoms with Crippen molar-refractivity contribution in [1.82, 2.24) is 15.2 Å². The lowest BCUT2D eigenvalue weighted by Gasteiger charge is -2.05. The zero-order valence-corrected chi connectivity index (χ0v) is 9.82. The highest BCUT2D eigenvalue weighted by atomic mass is 16.2. The number of amides is 1. The minimum Gasteiger partial charge on any atom is -0.319 e. The number of aromatic amines is 1. The topological polar surface area (TPSA) is 70.7 Å². The molecule has 2 rings (SSSR count). The maximum absolute atomic E-state index is 11.8. The van der Waals surface area contributed by atoms with Crippen molar-refractivity contribution in [3.8, 4) is 0 Å². The summed E-state index contributed by atoms with van der Waals surface area (Å²) >= 11 is 0. The van der Waals surface area contributed by atoms with Crippen molar-refractivity contribution >= 4 is 11.6 Å². The van der Waals surface area contributed by atoms with Gasteiger partial charge >= 0.3 is 0 Å². The highest BCUT2D eigenvalue weighted by Crippen LogP contribution is 2.13. The van der Waals surface area contributed by atoms with Crippen LogP contribution >= 0.6 is 0 Å². The van der Waals surface area contributed by atoms with E-state index in [2.05, 4.69) is 20.5 Å². The van der Waals surface area contributed by atoms with Crippen molar-refractivity contribution in [2.24, 2.45) is 0 Å². The number of aromatic nitrogens is 3. The van der Waals surface area contributed by atoms with Gasteiger partial charge in [0, 0.05) is 12.1 Å². The number of para-hydroxylation sites is 1. The van der Waals surface area contributed by atoms with Gasteiger partial charge in [0.05, 0.1) is 0 Å². The minimum absolute atomic E-state index is 0.171. The van der Waals surface area contributed by atoms with Crippen LogP contribution in [0.1, 0.15) is 28.9 Å². The Morgan fingerprint density at radius 1 is 1.41 bits per heavy atom. The van der Waals surface area contributed by atoms with E-state index >= 15 is 0 Å². The number of rotatable bonds is 3. The molecule has 17 heavy (non-hydrogen) atoms. The van der Waals surface area contributed by atoms with Crippen LogP contribution in [0.15, 0.2) is 24.3 Å². The number of H-pyrrole nitrogens is 1. The van der Waals surface area contributed by atoms with Crippen LogP contribution in [0.4, 0.5) is 5.69 Å². The molecule has 0 saturated heterocycles. The fraction of sp³-hybridized carbons (Fsp3) is 0.250. The molecule has 5 heteroatoms. The number of benzene rings is 1. The summed E-state index contributed by atoms with van der Waals surface area (Å²) in [5.41, 5.74) is 1.78. The molecular formula is C12H14N4O. The Labute approximate surface area is 99.3 Å². The molecule has 2 N–H and O–H groups in total. The van der Waals surface area contributed by atoms with Gasteiger partial charge in [0.15, 0.2) is 0 Å². The maximum Gasteiger partial charge on any atom is 0.295 e. The molecular weight excluding hydrogens is 216 g/mol. The maximum atomic E-state index is 11.8. The molecule has 0 aliphatic rings. The van der Waals surface area contributed by atoms with E-state index in [0.717, 1.165) is 17.7 Å². The number of nitrogens with zero attached hydrogens (tertiary/aromatic N) is 2. The molecule has 1 amide bonds. The normalized spacial score (nSPS) is 10.2.